The highest BCUT2D eigenvalue weighted by Crippen LogP contribution is 2.33. The Labute approximate surface area is 113 Å². The number of aliphatic hydroxyl groups is 1. The molecular weight excluding hydrogens is 240 g/mol. The lowest BCUT2D eigenvalue weighted by atomic mass is 9.75. The van der Waals surface area contributed by atoms with Crippen LogP contribution in [0.4, 0.5) is 0 Å². The number of aryl methyl sites for hydroxylation is 1. The third-order valence-corrected chi connectivity index (χ3v) is 3.89. The molecule has 102 valence electrons. The normalized spacial score (nSPS) is 22.2. The maximum atomic E-state index is 12.4. The van der Waals surface area contributed by atoms with Crippen molar-refractivity contribution in [2.45, 2.75) is 33.0 Å². The van der Waals surface area contributed by atoms with Crippen LogP contribution in [0, 0.1) is 12.8 Å². The molecule has 0 saturated carbocycles. The van der Waals surface area contributed by atoms with E-state index in [9.17, 15) is 9.90 Å². The van der Waals surface area contributed by atoms with Gasteiger partial charge >= 0.3 is 0 Å². The first-order chi connectivity index (χ1) is 8.97. The molecule has 19 heavy (non-hydrogen) atoms. The lowest BCUT2D eigenvalue weighted by Crippen LogP contribution is -2.38. The van der Waals surface area contributed by atoms with Gasteiger partial charge in [0.1, 0.15) is 6.10 Å². The van der Waals surface area contributed by atoms with Crippen LogP contribution < -0.4 is 0 Å². The summed E-state index contributed by atoms with van der Waals surface area (Å²) in [6.07, 6.45) is -0.316. The number of hydrogen-bond donors (Lipinski definition) is 1. The first-order valence-corrected chi connectivity index (χ1v) is 6.45. The first-order valence-electron chi connectivity index (χ1n) is 6.45. The Kier molecular flexibility index (Phi) is 3.88. The maximum Gasteiger partial charge on any atom is 0.192 e. The molecule has 0 aliphatic heterocycles. The van der Waals surface area contributed by atoms with Gasteiger partial charge in [-0.05, 0) is 37.0 Å². The van der Waals surface area contributed by atoms with E-state index in [0.29, 0.717) is 18.6 Å². The summed E-state index contributed by atoms with van der Waals surface area (Å²) in [6, 6.07) is 3.91. The summed E-state index contributed by atoms with van der Waals surface area (Å²) in [5.41, 5.74) is 4.46. The molecule has 0 spiro atoms. The largest absolute Gasteiger partial charge is 0.384 e. The van der Waals surface area contributed by atoms with Crippen molar-refractivity contribution < 1.29 is 14.6 Å². The average Bonchev–Trinajstić information content (AvgIpc) is 2.36. The number of ether oxygens (including phenoxy) is 1. The second kappa shape index (κ2) is 5.27. The van der Waals surface area contributed by atoms with E-state index in [2.05, 4.69) is 6.58 Å². The van der Waals surface area contributed by atoms with Crippen LogP contribution in [0.3, 0.4) is 0 Å². The quantitative estimate of drug-likeness (QED) is 0.849. The first kappa shape index (κ1) is 14.0. The van der Waals surface area contributed by atoms with Gasteiger partial charge in [0.15, 0.2) is 5.78 Å². The van der Waals surface area contributed by atoms with Gasteiger partial charge < -0.3 is 9.84 Å². The fourth-order valence-corrected chi connectivity index (χ4v) is 2.75. The molecule has 0 bridgehead atoms. The zero-order valence-corrected chi connectivity index (χ0v) is 11.7. The zero-order valence-electron chi connectivity index (χ0n) is 11.7. The molecule has 1 aliphatic rings. The second-order valence-electron chi connectivity index (χ2n) is 5.29. The van der Waals surface area contributed by atoms with E-state index in [1.807, 2.05) is 26.0 Å². The summed E-state index contributed by atoms with van der Waals surface area (Å²) in [5, 5.41) is 10.2. The molecule has 0 heterocycles. The summed E-state index contributed by atoms with van der Waals surface area (Å²) in [5.74, 6) is -0.388. The van der Waals surface area contributed by atoms with Crippen LogP contribution >= 0.6 is 0 Å². The fourth-order valence-electron chi connectivity index (χ4n) is 2.75. The van der Waals surface area contributed by atoms with E-state index in [1.165, 1.54) is 0 Å². The lowest BCUT2D eigenvalue weighted by Gasteiger charge is -2.31. The third kappa shape index (κ3) is 2.36. The zero-order chi connectivity index (χ0) is 14.2. The van der Waals surface area contributed by atoms with Crippen LogP contribution in [0.25, 0.3) is 0 Å². The number of ketones is 1. The number of benzene rings is 1. The molecule has 3 heteroatoms. The number of Topliss-reactive ketones (excluding diaryl/α,β-unsaturated/α-hetero) is 1. The second-order valence-corrected chi connectivity index (χ2v) is 5.29. The van der Waals surface area contributed by atoms with Gasteiger partial charge in [-0.15, -0.1) is 0 Å². The highest BCUT2D eigenvalue weighted by Gasteiger charge is 2.36. The standard InChI is InChI=1S/C16H20O3/c1-9(2)12-7-13-10(3)5-6-11(8-19-4)14(13)16(18)15(12)17/h5-6,12,15,17H,1,7-8H2,2-4H3. The van der Waals surface area contributed by atoms with Gasteiger partial charge in [0.05, 0.1) is 6.61 Å². The Bertz CT molecular complexity index is 531. The molecule has 1 aromatic rings. The van der Waals surface area contributed by atoms with Crippen LogP contribution in [-0.2, 0) is 17.8 Å². The fraction of sp³-hybridized carbons (Fsp3) is 0.438. The number of carbonyl (C=O) groups is 1. The van der Waals surface area contributed by atoms with E-state index in [0.717, 1.165) is 22.3 Å². The smallest absolute Gasteiger partial charge is 0.192 e. The Morgan fingerprint density at radius 2 is 2.21 bits per heavy atom. The minimum atomic E-state index is -0.984. The molecule has 1 aliphatic carbocycles. The molecule has 2 atom stereocenters. The van der Waals surface area contributed by atoms with E-state index < -0.39 is 6.10 Å². The summed E-state index contributed by atoms with van der Waals surface area (Å²) in [7, 11) is 1.60. The Morgan fingerprint density at radius 3 is 2.79 bits per heavy atom. The molecule has 2 rings (SSSR count). The Hall–Kier alpha value is -1.45. The van der Waals surface area contributed by atoms with Crippen molar-refractivity contribution in [3.8, 4) is 0 Å². The van der Waals surface area contributed by atoms with Gasteiger partial charge in [-0.3, -0.25) is 4.79 Å². The number of hydrogen-bond acceptors (Lipinski definition) is 3. The van der Waals surface area contributed by atoms with Crippen LogP contribution in [0.1, 0.15) is 34.0 Å². The van der Waals surface area contributed by atoms with Gasteiger partial charge in [-0.1, -0.05) is 24.3 Å². The Balaban J connectivity index is 2.57. The Morgan fingerprint density at radius 1 is 1.53 bits per heavy atom. The van der Waals surface area contributed by atoms with Crippen LogP contribution in [0.15, 0.2) is 24.3 Å². The summed E-state index contributed by atoms with van der Waals surface area (Å²) in [6.45, 7) is 8.13. The average molecular weight is 260 g/mol. The van der Waals surface area contributed by atoms with Crippen molar-refractivity contribution >= 4 is 5.78 Å². The summed E-state index contributed by atoms with van der Waals surface area (Å²) >= 11 is 0. The van der Waals surface area contributed by atoms with Gasteiger partial charge in [0.25, 0.3) is 0 Å². The number of aliphatic hydroxyl groups excluding tert-OH is 1. The lowest BCUT2D eigenvalue weighted by molar-refractivity contribution is 0.0613. The monoisotopic (exact) mass is 260 g/mol. The van der Waals surface area contributed by atoms with Crippen LogP contribution in [-0.4, -0.2) is 24.1 Å². The van der Waals surface area contributed by atoms with Gasteiger partial charge in [0.2, 0.25) is 0 Å². The van der Waals surface area contributed by atoms with Crippen molar-refractivity contribution in [1.29, 1.82) is 0 Å². The van der Waals surface area contributed by atoms with Gasteiger partial charge in [0, 0.05) is 18.6 Å². The van der Waals surface area contributed by atoms with Crippen molar-refractivity contribution in [3.63, 3.8) is 0 Å². The summed E-state index contributed by atoms with van der Waals surface area (Å²) in [4.78, 5) is 12.4. The molecular formula is C16H20O3. The molecule has 0 amide bonds. The van der Waals surface area contributed by atoms with Crippen molar-refractivity contribution in [1.82, 2.24) is 0 Å². The minimum absolute atomic E-state index is 0.184. The van der Waals surface area contributed by atoms with E-state index >= 15 is 0 Å². The molecule has 0 aromatic heterocycles. The van der Waals surface area contributed by atoms with E-state index in [1.54, 1.807) is 7.11 Å². The molecule has 0 fully saturated rings. The SMILES string of the molecule is C=C(C)C1Cc2c(C)ccc(COC)c2C(=O)C1O. The van der Waals surface area contributed by atoms with Gasteiger partial charge in [-0.2, -0.15) is 0 Å². The molecule has 0 radical (unpaired) electrons. The van der Waals surface area contributed by atoms with E-state index in [4.69, 9.17) is 4.74 Å². The molecule has 3 nitrogen and oxygen atoms in total. The summed E-state index contributed by atoms with van der Waals surface area (Å²) < 4.78 is 5.14. The predicted molar refractivity (Wildman–Crippen MR) is 74.2 cm³/mol. The third-order valence-electron chi connectivity index (χ3n) is 3.89. The molecule has 2 unspecified atom stereocenters. The topological polar surface area (TPSA) is 46.5 Å². The van der Waals surface area contributed by atoms with Crippen molar-refractivity contribution in [3.05, 3.63) is 46.5 Å². The predicted octanol–water partition coefficient (Wildman–Crippen LogP) is 2.43. The number of fused-ring (bicyclic) bond motifs is 1. The molecule has 0 saturated heterocycles. The van der Waals surface area contributed by atoms with Crippen molar-refractivity contribution in [2.75, 3.05) is 7.11 Å². The molecule has 1 aromatic carbocycles. The minimum Gasteiger partial charge on any atom is -0.384 e. The maximum absolute atomic E-state index is 12.4. The number of methoxy groups -OCH3 is 1. The van der Waals surface area contributed by atoms with Gasteiger partial charge in [-0.25, -0.2) is 0 Å². The van der Waals surface area contributed by atoms with Crippen LogP contribution in [0.2, 0.25) is 0 Å². The highest BCUT2D eigenvalue weighted by molar-refractivity contribution is 6.03. The highest BCUT2D eigenvalue weighted by atomic mass is 16.5. The van der Waals surface area contributed by atoms with Crippen molar-refractivity contribution in [2.24, 2.45) is 5.92 Å². The number of carbonyl (C=O) groups excluding carboxylic acids is 1. The van der Waals surface area contributed by atoms with Crippen LogP contribution in [0.5, 0.6) is 0 Å². The van der Waals surface area contributed by atoms with E-state index in [-0.39, 0.29) is 11.7 Å². The number of rotatable bonds is 3. The molecule has 1 N–H and O–H groups in total.